The Morgan fingerprint density at radius 2 is 1.89 bits per heavy atom. The molecule has 2 aromatic carbocycles. The third-order valence-electron chi connectivity index (χ3n) is 2.53. The zero-order valence-electron chi connectivity index (χ0n) is 10.3. The lowest BCUT2D eigenvalue weighted by molar-refractivity contribution is 0.332. The summed E-state index contributed by atoms with van der Waals surface area (Å²) in [5.41, 5.74) is 2.26. The average Bonchev–Trinajstić information content (AvgIpc) is 2.37. The lowest BCUT2D eigenvalue weighted by Gasteiger charge is -2.09. The minimum absolute atomic E-state index is 0.631. The van der Waals surface area contributed by atoms with Crippen molar-refractivity contribution >= 4 is 17.3 Å². The van der Waals surface area contributed by atoms with Crippen LogP contribution in [-0.4, -0.2) is 13.2 Å². The zero-order chi connectivity index (χ0) is 12.8. The first-order valence-corrected chi connectivity index (χ1v) is 6.31. The molecule has 1 N–H and O–H groups in total. The third-order valence-corrected chi connectivity index (χ3v) is 2.79. The molecule has 3 heteroatoms. The van der Waals surface area contributed by atoms with Gasteiger partial charge in [0.05, 0.1) is 0 Å². The van der Waals surface area contributed by atoms with E-state index in [9.17, 15) is 0 Å². The summed E-state index contributed by atoms with van der Waals surface area (Å²) in [6.07, 6.45) is 0. The molecule has 0 bridgehead atoms. The Morgan fingerprint density at radius 3 is 2.61 bits per heavy atom. The molecular weight excluding hydrogens is 246 g/mol. The maximum Gasteiger partial charge on any atom is 0.119 e. The van der Waals surface area contributed by atoms with Crippen LogP contribution in [-0.2, 0) is 0 Å². The van der Waals surface area contributed by atoms with Gasteiger partial charge in [-0.3, -0.25) is 0 Å². The summed E-state index contributed by atoms with van der Waals surface area (Å²) in [7, 11) is 0. The van der Waals surface area contributed by atoms with Crippen LogP contribution in [0.3, 0.4) is 0 Å². The predicted octanol–water partition coefficient (Wildman–Crippen LogP) is 4.14. The van der Waals surface area contributed by atoms with Crippen LogP contribution in [0.15, 0.2) is 48.5 Å². The first-order chi connectivity index (χ1) is 8.74. The Morgan fingerprint density at radius 1 is 1.11 bits per heavy atom. The Bertz CT molecular complexity index is 496. The van der Waals surface area contributed by atoms with Gasteiger partial charge in [-0.15, -0.1) is 0 Å². The highest BCUT2D eigenvalue weighted by Crippen LogP contribution is 2.14. The molecule has 94 valence electrons. The fraction of sp³-hybridized carbons (Fsp3) is 0.200. The summed E-state index contributed by atoms with van der Waals surface area (Å²) in [4.78, 5) is 0. The predicted molar refractivity (Wildman–Crippen MR) is 76.6 cm³/mol. The molecule has 0 aromatic heterocycles. The molecule has 0 spiro atoms. The molecule has 0 saturated carbocycles. The van der Waals surface area contributed by atoms with Crippen molar-refractivity contribution in [2.24, 2.45) is 0 Å². The molecule has 0 aliphatic carbocycles. The second-order valence-electron chi connectivity index (χ2n) is 4.10. The number of nitrogens with one attached hydrogen (secondary N) is 1. The van der Waals surface area contributed by atoms with E-state index >= 15 is 0 Å². The van der Waals surface area contributed by atoms with Crippen molar-refractivity contribution in [2.75, 3.05) is 18.5 Å². The lowest BCUT2D eigenvalue weighted by atomic mass is 10.2. The first-order valence-electron chi connectivity index (χ1n) is 5.93. The third kappa shape index (κ3) is 3.97. The van der Waals surface area contributed by atoms with E-state index in [0.29, 0.717) is 6.61 Å². The summed E-state index contributed by atoms with van der Waals surface area (Å²) in [6, 6.07) is 15.7. The van der Waals surface area contributed by atoms with Gasteiger partial charge in [0.25, 0.3) is 0 Å². The monoisotopic (exact) mass is 261 g/mol. The summed E-state index contributed by atoms with van der Waals surface area (Å²) < 4.78 is 5.64. The van der Waals surface area contributed by atoms with Crippen molar-refractivity contribution < 1.29 is 4.74 Å². The molecule has 0 heterocycles. The quantitative estimate of drug-likeness (QED) is 0.817. The fourth-order valence-corrected chi connectivity index (χ4v) is 1.76. The number of benzene rings is 2. The number of hydrogen-bond acceptors (Lipinski definition) is 2. The van der Waals surface area contributed by atoms with Crippen LogP contribution in [0.25, 0.3) is 0 Å². The average molecular weight is 262 g/mol. The topological polar surface area (TPSA) is 21.3 Å². The van der Waals surface area contributed by atoms with Crippen molar-refractivity contribution in [1.82, 2.24) is 0 Å². The van der Waals surface area contributed by atoms with Crippen LogP contribution in [0, 0.1) is 6.92 Å². The van der Waals surface area contributed by atoms with Gasteiger partial charge in [0, 0.05) is 17.3 Å². The second kappa shape index (κ2) is 6.31. The van der Waals surface area contributed by atoms with Crippen LogP contribution in [0.1, 0.15) is 5.56 Å². The summed E-state index contributed by atoms with van der Waals surface area (Å²) in [6.45, 7) is 3.44. The standard InChI is InChI=1S/C15H16ClNO/c1-12-3-2-4-15(11-12)18-10-9-17-14-7-5-13(16)6-8-14/h2-8,11,17H,9-10H2,1H3. The molecule has 0 saturated heterocycles. The van der Waals surface area contributed by atoms with Gasteiger partial charge < -0.3 is 10.1 Å². The molecule has 0 unspecified atom stereocenters. The lowest BCUT2D eigenvalue weighted by Crippen LogP contribution is -2.11. The molecule has 18 heavy (non-hydrogen) atoms. The smallest absolute Gasteiger partial charge is 0.119 e. The molecule has 0 aliphatic heterocycles. The van der Waals surface area contributed by atoms with Gasteiger partial charge in [0.1, 0.15) is 12.4 Å². The molecular formula is C15H16ClNO. The minimum Gasteiger partial charge on any atom is -0.492 e. The number of hydrogen-bond donors (Lipinski definition) is 1. The van der Waals surface area contributed by atoms with Crippen molar-refractivity contribution in [3.63, 3.8) is 0 Å². The molecule has 0 atom stereocenters. The highest BCUT2D eigenvalue weighted by atomic mass is 35.5. The second-order valence-corrected chi connectivity index (χ2v) is 4.54. The summed E-state index contributed by atoms with van der Waals surface area (Å²) in [5, 5.41) is 4.02. The van der Waals surface area contributed by atoms with Crippen molar-refractivity contribution in [3.8, 4) is 5.75 Å². The van der Waals surface area contributed by atoms with E-state index in [-0.39, 0.29) is 0 Å². The van der Waals surface area contributed by atoms with Crippen LogP contribution in [0.4, 0.5) is 5.69 Å². The molecule has 2 nitrogen and oxygen atoms in total. The van der Waals surface area contributed by atoms with E-state index in [1.807, 2.05) is 42.5 Å². The van der Waals surface area contributed by atoms with E-state index in [1.165, 1.54) is 5.56 Å². The molecule has 0 fully saturated rings. The van der Waals surface area contributed by atoms with Crippen LogP contribution in [0.2, 0.25) is 5.02 Å². The Balaban J connectivity index is 1.74. The van der Waals surface area contributed by atoms with E-state index in [0.717, 1.165) is 23.0 Å². The highest BCUT2D eigenvalue weighted by molar-refractivity contribution is 6.30. The van der Waals surface area contributed by atoms with Gasteiger partial charge in [-0.25, -0.2) is 0 Å². The number of ether oxygens (including phenoxy) is 1. The van der Waals surface area contributed by atoms with Crippen LogP contribution in [0.5, 0.6) is 5.75 Å². The molecule has 0 aliphatic rings. The minimum atomic E-state index is 0.631. The number of halogens is 1. The van der Waals surface area contributed by atoms with E-state index < -0.39 is 0 Å². The van der Waals surface area contributed by atoms with Gasteiger partial charge in [-0.1, -0.05) is 23.7 Å². The zero-order valence-corrected chi connectivity index (χ0v) is 11.1. The van der Waals surface area contributed by atoms with Gasteiger partial charge in [0.15, 0.2) is 0 Å². The number of rotatable bonds is 5. The van der Waals surface area contributed by atoms with Crippen LogP contribution >= 0.6 is 11.6 Å². The van der Waals surface area contributed by atoms with Gasteiger partial charge in [-0.05, 0) is 48.9 Å². The van der Waals surface area contributed by atoms with E-state index in [4.69, 9.17) is 16.3 Å². The van der Waals surface area contributed by atoms with Gasteiger partial charge >= 0.3 is 0 Å². The first kappa shape index (κ1) is 12.8. The van der Waals surface area contributed by atoms with Crippen LogP contribution < -0.4 is 10.1 Å². The van der Waals surface area contributed by atoms with Crippen molar-refractivity contribution in [2.45, 2.75) is 6.92 Å². The molecule has 0 radical (unpaired) electrons. The number of anilines is 1. The molecule has 2 rings (SSSR count). The molecule has 0 amide bonds. The number of aryl methyl sites for hydroxylation is 1. The van der Waals surface area contributed by atoms with E-state index in [2.05, 4.69) is 18.3 Å². The largest absolute Gasteiger partial charge is 0.492 e. The maximum absolute atomic E-state index is 5.82. The summed E-state index contributed by atoms with van der Waals surface area (Å²) >= 11 is 5.82. The van der Waals surface area contributed by atoms with Gasteiger partial charge in [0.2, 0.25) is 0 Å². The Hall–Kier alpha value is -1.67. The van der Waals surface area contributed by atoms with Gasteiger partial charge in [-0.2, -0.15) is 0 Å². The van der Waals surface area contributed by atoms with Crippen molar-refractivity contribution in [3.05, 3.63) is 59.1 Å². The SMILES string of the molecule is Cc1cccc(OCCNc2ccc(Cl)cc2)c1. The van der Waals surface area contributed by atoms with E-state index in [1.54, 1.807) is 0 Å². The Labute approximate surface area is 113 Å². The maximum atomic E-state index is 5.82. The van der Waals surface area contributed by atoms with Crippen molar-refractivity contribution in [1.29, 1.82) is 0 Å². The molecule has 2 aromatic rings. The highest BCUT2D eigenvalue weighted by Gasteiger charge is 1.95. The summed E-state index contributed by atoms with van der Waals surface area (Å²) in [5.74, 6) is 0.910. The Kier molecular flexibility index (Phi) is 4.48. The normalized spacial score (nSPS) is 10.1. The fourth-order valence-electron chi connectivity index (χ4n) is 1.64.